The molecule has 1 heterocycles. The van der Waals surface area contributed by atoms with Gasteiger partial charge in [0.05, 0.1) is 13.2 Å². The first-order chi connectivity index (χ1) is 10.3. The number of rotatable bonds is 3. The third kappa shape index (κ3) is 2.53. The van der Waals surface area contributed by atoms with Crippen LogP contribution in [0.1, 0.15) is 38.2 Å². The predicted octanol–water partition coefficient (Wildman–Crippen LogP) is 2.28. The number of nitrogens with zero attached hydrogens (tertiary/aromatic N) is 2. The summed E-state index contributed by atoms with van der Waals surface area (Å²) in [4.78, 5) is 6.87. The average Bonchev–Trinajstić information content (AvgIpc) is 3.11. The number of aliphatic hydroxyl groups excluding tert-OH is 1. The van der Waals surface area contributed by atoms with E-state index in [4.69, 9.17) is 5.11 Å². The molecule has 1 fully saturated rings. The zero-order valence-corrected chi connectivity index (χ0v) is 12.8. The summed E-state index contributed by atoms with van der Waals surface area (Å²) in [6.45, 7) is 4.49. The summed E-state index contributed by atoms with van der Waals surface area (Å²) < 4.78 is 0. The number of benzene rings is 1. The van der Waals surface area contributed by atoms with Gasteiger partial charge < -0.3 is 15.3 Å². The van der Waals surface area contributed by atoms with E-state index in [0.29, 0.717) is 12.0 Å². The van der Waals surface area contributed by atoms with E-state index in [1.807, 2.05) is 0 Å². The zero-order valence-electron chi connectivity index (χ0n) is 12.8. The minimum absolute atomic E-state index is 0.0928. The van der Waals surface area contributed by atoms with Crippen LogP contribution in [0.4, 0.5) is 5.69 Å². The Morgan fingerprint density at radius 1 is 1.33 bits per heavy atom. The van der Waals surface area contributed by atoms with Crippen LogP contribution in [-0.4, -0.2) is 37.3 Å². The van der Waals surface area contributed by atoms with Gasteiger partial charge >= 0.3 is 0 Å². The minimum Gasteiger partial charge on any atom is -0.394 e. The molecule has 114 valence electrons. The van der Waals surface area contributed by atoms with Crippen molar-refractivity contribution in [2.45, 2.75) is 38.0 Å². The average molecular weight is 287 g/mol. The van der Waals surface area contributed by atoms with Crippen LogP contribution in [0.5, 0.6) is 0 Å². The maximum Gasteiger partial charge on any atom is 0.198 e. The lowest BCUT2D eigenvalue weighted by atomic mass is 9.81. The molecule has 1 aromatic carbocycles. The summed E-state index contributed by atoms with van der Waals surface area (Å²) in [6, 6.07) is 8.75. The number of para-hydroxylation sites is 1. The molecule has 2 N–H and O–H groups in total. The smallest absolute Gasteiger partial charge is 0.198 e. The van der Waals surface area contributed by atoms with Crippen LogP contribution >= 0.6 is 0 Å². The van der Waals surface area contributed by atoms with Crippen molar-refractivity contribution < 1.29 is 5.11 Å². The molecule has 0 amide bonds. The molecule has 0 unspecified atom stereocenters. The fourth-order valence-electron chi connectivity index (χ4n) is 3.85. The van der Waals surface area contributed by atoms with E-state index in [9.17, 15) is 0 Å². The summed E-state index contributed by atoms with van der Waals surface area (Å²) in [5.41, 5.74) is 3.08. The zero-order chi connectivity index (χ0) is 14.7. The Kier molecular flexibility index (Phi) is 4.15. The molecule has 2 aliphatic rings. The van der Waals surface area contributed by atoms with Crippen LogP contribution < -0.4 is 10.2 Å². The Morgan fingerprint density at radius 2 is 2.10 bits per heavy atom. The van der Waals surface area contributed by atoms with E-state index < -0.39 is 0 Å². The Hall–Kier alpha value is -1.55. The first-order valence-corrected chi connectivity index (χ1v) is 8.07. The molecular weight excluding hydrogens is 262 g/mol. The monoisotopic (exact) mass is 287 g/mol. The Bertz CT molecular complexity index is 521. The van der Waals surface area contributed by atoms with Crippen molar-refractivity contribution >= 4 is 11.6 Å². The third-order valence-corrected chi connectivity index (χ3v) is 4.74. The maximum absolute atomic E-state index is 9.07. The molecule has 1 aromatic rings. The SMILES string of the molecule is CCNC(=NCCO)N1CC2(CCCC2)c2ccccc21. The van der Waals surface area contributed by atoms with Crippen molar-refractivity contribution in [3.63, 3.8) is 0 Å². The largest absolute Gasteiger partial charge is 0.394 e. The fraction of sp³-hybridized carbons (Fsp3) is 0.588. The second-order valence-corrected chi connectivity index (χ2v) is 6.05. The minimum atomic E-state index is 0.0928. The van der Waals surface area contributed by atoms with Gasteiger partial charge in [0.1, 0.15) is 0 Å². The highest BCUT2D eigenvalue weighted by atomic mass is 16.3. The summed E-state index contributed by atoms with van der Waals surface area (Å²) in [5, 5.41) is 12.4. The van der Waals surface area contributed by atoms with Gasteiger partial charge in [0.25, 0.3) is 0 Å². The van der Waals surface area contributed by atoms with E-state index >= 15 is 0 Å². The predicted molar refractivity (Wildman–Crippen MR) is 87.0 cm³/mol. The molecule has 0 radical (unpaired) electrons. The molecule has 1 aliphatic carbocycles. The highest BCUT2D eigenvalue weighted by Gasteiger charge is 2.45. The molecule has 0 saturated heterocycles. The van der Waals surface area contributed by atoms with Gasteiger partial charge in [-0.1, -0.05) is 31.0 Å². The first kappa shape index (κ1) is 14.4. The van der Waals surface area contributed by atoms with Crippen molar-refractivity contribution in [3.8, 4) is 0 Å². The lowest BCUT2D eigenvalue weighted by Gasteiger charge is -2.26. The number of guanidine groups is 1. The first-order valence-electron chi connectivity index (χ1n) is 8.07. The van der Waals surface area contributed by atoms with Crippen molar-refractivity contribution in [2.75, 3.05) is 31.1 Å². The van der Waals surface area contributed by atoms with Gasteiger partial charge in [-0.2, -0.15) is 0 Å². The van der Waals surface area contributed by atoms with Crippen molar-refractivity contribution in [3.05, 3.63) is 29.8 Å². The van der Waals surface area contributed by atoms with Gasteiger partial charge in [-0.25, -0.2) is 0 Å². The second-order valence-electron chi connectivity index (χ2n) is 6.05. The van der Waals surface area contributed by atoms with Gasteiger partial charge in [-0.15, -0.1) is 0 Å². The molecule has 4 nitrogen and oxygen atoms in total. The van der Waals surface area contributed by atoms with Gasteiger partial charge in [0, 0.05) is 24.2 Å². The Labute approximate surface area is 126 Å². The third-order valence-electron chi connectivity index (χ3n) is 4.74. The highest BCUT2D eigenvalue weighted by Crippen LogP contribution is 2.50. The molecule has 21 heavy (non-hydrogen) atoms. The number of anilines is 1. The van der Waals surface area contributed by atoms with Gasteiger partial charge in [0.15, 0.2) is 5.96 Å². The molecule has 1 aliphatic heterocycles. The lowest BCUT2D eigenvalue weighted by molar-refractivity contribution is 0.306. The van der Waals surface area contributed by atoms with Crippen LogP contribution in [0.25, 0.3) is 0 Å². The molecule has 0 atom stereocenters. The number of aliphatic hydroxyl groups is 1. The molecule has 1 spiro atoms. The summed E-state index contributed by atoms with van der Waals surface area (Å²) in [5.74, 6) is 0.905. The van der Waals surface area contributed by atoms with Gasteiger partial charge in [0.2, 0.25) is 0 Å². The fourth-order valence-corrected chi connectivity index (χ4v) is 3.85. The van der Waals surface area contributed by atoms with E-state index in [1.54, 1.807) is 0 Å². The van der Waals surface area contributed by atoms with Crippen LogP contribution in [0.3, 0.4) is 0 Å². The molecule has 4 heteroatoms. The summed E-state index contributed by atoms with van der Waals surface area (Å²) in [6.07, 6.45) is 5.21. The maximum atomic E-state index is 9.07. The van der Waals surface area contributed by atoms with E-state index in [2.05, 4.69) is 46.4 Å². The highest BCUT2D eigenvalue weighted by molar-refractivity contribution is 5.98. The quantitative estimate of drug-likeness (QED) is 0.662. The van der Waals surface area contributed by atoms with E-state index in [-0.39, 0.29) is 6.61 Å². The summed E-state index contributed by atoms with van der Waals surface area (Å²) in [7, 11) is 0. The number of hydrogen-bond acceptors (Lipinski definition) is 2. The van der Waals surface area contributed by atoms with Crippen molar-refractivity contribution in [1.29, 1.82) is 0 Å². The molecule has 3 rings (SSSR count). The molecule has 0 bridgehead atoms. The molecule has 1 saturated carbocycles. The lowest BCUT2D eigenvalue weighted by Crippen LogP contribution is -2.43. The van der Waals surface area contributed by atoms with Crippen LogP contribution in [0.2, 0.25) is 0 Å². The van der Waals surface area contributed by atoms with E-state index in [1.165, 1.54) is 36.9 Å². The molecule has 0 aromatic heterocycles. The van der Waals surface area contributed by atoms with Crippen LogP contribution in [0, 0.1) is 0 Å². The molecular formula is C17H25N3O. The normalized spacial score (nSPS) is 20.1. The van der Waals surface area contributed by atoms with Crippen molar-refractivity contribution in [2.24, 2.45) is 4.99 Å². The number of aliphatic imine (C=N–C) groups is 1. The Morgan fingerprint density at radius 3 is 2.81 bits per heavy atom. The topological polar surface area (TPSA) is 47.9 Å². The van der Waals surface area contributed by atoms with Gasteiger partial charge in [-0.3, -0.25) is 4.99 Å². The standard InChI is InChI=1S/C17H25N3O/c1-2-18-16(19-11-12-21)20-13-17(9-5-6-10-17)14-7-3-4-8-15(14)20/h3-4,7-8,21H,2,5-6,9-13H2,1H3,(H,18,19). The van der Waals surface area contributed by atoms with Crippen LogP contribution in [0.15, 0.2) is 29.3 Å². The van der Waals surface area contributed by atoms with Crippen LogP contribution in [-0.2, 0) is 5.41 Å². The number of nitrogens with one attached hydrogen (secondary N) is 1. The number of hydrogen-bond donors (Lipinski definition) is 2. The van der Waals surface area contributed by atoms with Gasteiger partial charge in [-0.05, 0) is 31.4 Å². The Balaban J connectivity index is 1.96. The van der Waals surface area contributed by atoms with E-state index in [0.717, 1.165) is 19.0 Å². The second kappa shape index (κ2) is 6.06. The van der Waals surface area contributed by atoms with Crippen molar-refractivity contribution in [1.82, 2.24) is 5.32 Å². The number of fused-ring (bicyclic) bond motifs is 2. The summed E-state index contributed by atoms with van der Waals surface area (Å²) >= 11 is 0.